The molecule has 9 heteroatoms. The molecule has 1 aromatic heterocycles. The van der Waals surface area contributed by atoms with Gasteiger partial charge in [0.25, 0.3) is 0 Å². The molecular weight excluding hydrogens is 549 g/mol. The molecule has 4 aliphatic rings. The third-order valence-corrected chi connectivity index (χ3v) is 8.75. The number of benzene rings is 3. The van der Waals surface area contributed by atoms with E-state index in [4.69, 9.17) is 9.98 Å². The number of alkyl halides is 3. The number of hydrogen-bond acceptors (Lipinski definition) is 5. The first kappa shape index (κ1) is 27.6. The molecule has 0 radical (unpaired) electrons. The Hall–Kier alpha value is -4.24. The van der Waals surface area contributed by atoms with Crippen molar-refractivity contribution in [2.24, 2.45) is 4.99 Å². The van der Waals surface area contributed by atoms with Crippen molar-refractivity contribution < 1.29 is 13.2 Å². The fourth-order valence-electron chi connectivity index (χ4n) is 6.56. The van der Waals surface area contributed by atoms with Gasteiger partial charge in [0.05, 0.1) is 57.0 Å². The monoisotopic (exact) mass is 582 g/mol. The fourth-order valence-corrected chi connectivity index (χ4v) is 6.56. The number of para-hydroxylation sites is 2. The Morgan fingerprint density at radius 2 is 1.63 bits per heavy atom. The first-order valence-electron chi connectivity index (χ1n) is 15.0. The first-order chi connectivity index (χ1) is 20.9. The molecule has 0 bridgehead atoms. The highest BCUT2D eigenvalue weighted by molar-refractivity contribution is 5.84. The molecule has 3 heterocycles. The van der Waals surface area contributed by atoms with Gasteiger partial charge in [-0.3, -0.25) is 9.98 Å². The highest BCUT2D eigenvalue weighted by Crippen LogP contribution is 2.34. The second kappa shape index (κ2) is 11.4. The summed E-state index contributed by atoms with van der Waals surface area (Å²) < 4.78 is 42.2. The molecule has 6 nitrogen and oxygen atoms in total. The van der Waals surface area contributed by atoms with Crippen LogP contribution in [0.3, 0.4) is 0 Å². The average Bonchev–Trinajstić information content (AvgIpc) is 3.56. The maximum Gasteiger partial charge on any atom is 0.416 e. The summed E-state index contributed by atoms with van der Waals surface area (Å²) in [6.07, 6.45) is 6.35. The minimum atomic E-state index is -4.40. The zero-order chi connectivity index (χ0) is 29.4. The zero-order valence-corrected chi connectivity index (χ0v) is 23.8. The molecule has 2 aliphatic heterocycles. The Kier molecular flexibility index (Phi) is 7.34. The minimum absolute atomic E-state index is 0.178. The van der Waals surface area contributed by atoms with Gasteiger partial charge >= 0.3 is 6.18 Å². The standard InChI is InChI=1S/C34H33F3N6/c35-34(36,37)23-11-13-27(14-12-23)43-32-10-4-3-9-28(32)41-31-20-29(40-25-6-5-17-38-22-25)30(21-33(31)43)39-24-15-18-42(19-16-24)26-7-1-2-8-26/h3-6,9-14,17,20-22,24,26,40H,1-2,7-8,15-16,18-19H2/b39-30+. The van der Waals surface area contributed by atoms with E-state index in [9.17, 15) is 13.2 Å². The number of hydrogen-bond donors (Lipinski definition) is 1. The quantitative estimate of drug-likeness (QED) is 0.217. The van der Waals surface area contributed by atoms with Gasteiger partial charge in [-0.2, -0.15) is 13.2 Å². The van der Waals surface area contributed by atoms with Crippen molar-refractivity contribution in [3.63, 3.8) is 0 Å². The topological polar surface area (TPSA) is 58.3 Å². The molecule has 1 saturated carbocycles. The summed E-state index contributed by atoms with van der Waals surface area (Å²) in [5, 5.41) is 4.30. The molecule has 2 aliphatic carbocycles. The number of likely N-dealkylation sites (tertiary alicyclic amines) is 1. The van der Waals surface area contributed by atoms with E-state index in [0.29, 0.717) is 17.4 Å². The van der Waals surface area contributed by atoms with Crippen LogP contribution < -0.4 is 10.7 Å². The molecular formula is C34H33F3N6. The molecule has 7 rings (SSSR count). The first-order valence-corrected chi connectivity index (χ1v) is 15.0. The van der Waals surface area contributed by atoms with E-state index in [1.54, 1.807) is 12.4 Å². The second-order valence-corrected chi connectivity index (χ2v) is 11.5. The summed E-state index contributed by atoms with van der Waals surface area (Å²) >= 11 is 0. The Morgan fingerprint density at radius 3 is 2.35 bits per heavy atom. The van der Waals surface area contributed by atoms with Crippen LogP contribution in [0.15, 0.2) is 90.2 Å². The molecule has 2 fully saturated rings. The van der Waals surface area contributed by atoms with Gasteiger partial charge in [-0.05, 0) is 86.3 Å². The summed E-state index contributed by atoms with van der Waals surface area (Å²) in [4.78, 5) is 17.1. The smallest absolute Gasteiger partial charge is 0.352 e. The van der Waals surface area contributed by atoms with Crippen LogP contribution in [0.5, 0.6) is 0 Å². The molecule has 1 saturated heterocycles. The number of fused-ring (bicyclic) bond motifs is 2. The molecule has 3 aromatic rings. The lowest BCUT2D eigenvalue weighted by molar-refractivity contribution is -0.137. The average molecular weight is 583 g/mol. The van der Waals surface area contributed by atoms with Gasteiger partial charge in [0.1, 0.15) is 0 Å². The fraction of sp³-hybridized carbons (Fsp3) is 0.324. The van der Waals surface area contributed by atoms with Crippen molar-refractivity contribution in [3.05, 3.63) is 96.1 Å². The number of halogens is 3. The van der Waals surface area contributed by atoms with Crippen LogP contribution in [-0.2, 0) is 6.18 Å². The van der Waals surface area contributed by atoms with Gasteiger partial charge in [-0.15, -0.1) is 0 Å². The molecule has 0 unspecified atom stereocenters. The van der Waals surface area contributed by atoms with Gasteiger partial charge in [-0.1, -0.05) is 25.0 Å². The number of piperidine rings is 1. The maximum absolute atomic E-state index is 13.4. The van der Waals surface area contributed by atoms with Gasteiger partial charge < -0.3 is 14.8 Å². The van der Waals surface area contributed by atoms with E-state index in [-0.39, 0.29) is 6.04 Å². The molecule has 43 heavy (non-hydrogen) atoms. The van der Waals surface area contributed by atoms with E-state index in [0.717, 1.165) is 71.5 Å². The zero-order valence-electron chi connectivity index (χ0n) is 23.8. The van der Waals surface area contributed by atoms with Gasteiger partial charge in [0.2, 0.25) is 0 Å². The number of nitrogens with one attached hydrogen (secondary N) is 1. The Labute approximate surface area is 248 Å². The second-order valence-electron chi connectivity index (χ2n) is 11.5. The van der Waals surface area contributed by atoms with Gasteiger partial charge in [0.15, 0.2) is 0 Å². The predicted octanol–water partition coefficient (Wildman–Crippen LogP) is 7.60. The van der Waals surface area contributed by atoms with Gasteiger partial charge in [0, 0.05) is 31.0 Å². The SMILES string of the molecule is FC(F)(F)c1ccc(-n2c3c/c(=N\C4CCN(C5CCCC5)CC4)c(Nc4cccnc4)cc-3nc3ccccc32)cc1. The normalized spacial score (nSPS) is 17.7. The number of nitrogens with zero attached hydrogens (tertiary/aromatic N) is 5. The highest BCUT2D eigenvalue weighted by Gasteiger charge is 2.30. The molecule has 0 spiro atoms. The molecule has 220 valence electrons. The Bertz CT molecular complexity index is 1750. The lowest BCUT2D eigenvalue weighted by Crippen LogP contribution is -2.41. The molecule has 0 amide bonds. The lowest BCUT2D eigenvalue weighted by atomic mass is 10.0. The third-order valence-electron chi connectivity index (χ3n) is 8.75. The van der Waals surface area contributed by atoms with E-state index in [2.05, 4.69) is 15.2 Å². The van der Waals surface area contributed by atoms with Crippen LogP contribution in [0.25, 0.3) is 28.1 Å². The largest absolute Gasteiger partial charge is 0.416 e. The summed E-state index contributed by atoms with van der Waals surface area (Å²) in [5.74, 6) is 0. The number of anilines is 2. The van der Waals surface area contributed by atoms with Crippen LogP contribution in [0.1, 0.15) is 44.1 Å². The molecule has 2 aromatic carbocycles. The summed E-state index contributed by atoms with van der Waals surface area (Å²) in [6, 6.07) is 21.7. The van der Waals surface area contributed by atoms with Crippen molar-refractivity contribution in [1.82, 2.24) is 19.4 Å². The lowest BCUT2D eigenvalue weighted by Gasteiger charge is -2.34. The van der Waals surface area contributed by atoms with Crippen LogP contribution in [0.4, 0.5) is 24.5 Å². The number of aromatic nitrogens is 3. The molecule has 1 N–H and O–H groups in total. The van der Waals surface area contributed by atoms with E-state index >= 15 is 0 Å². The van der Waals surface area contributed by atoms with Crippen molar-refractivity contribution in [1.29, 1.82) is 0 Å². The Balaban J connectivity index is 1.36. The highest BCUT2D eigenvalue weighted by atomic mass is 19.4. The van der Waals surface area contributed by atoms with E-state index < -0.39 is 11.7 Å². The van der Waals surface area contributed by atoms with Crippen LogP contribution in [-0.4, -0.2) is 44.6 Å². The molecule has 0 atom stereocenters. The van der Waals surface area contributed by atoms with Crippen LogP contribution in [0.2, 0.25) is 0 Å². The summed E-state index contributed by atoms with van der Waals surface area (Å²) in [6.45, 7) is 2.10. The number of pyridine rings is 1. The van der Waals surface area contributed by atoms with Crippen molar-refractivity contribution in [2.45, 2.75) is 56.8 Å². The van der Waals surface area contributed by atoms with Gasteiger partial charge in [-0.25, -0.2) is 4.98 Å². The predicted molar refractivity (Wildman–Crippen MR) is 163 cm³/mol. The van der Waals surface area contributed by atoms with Crippen molar-refractivity contribution in [2.75, 3.05) is 18.4 Å². The van der Waals surface area contributed by atoms with Crippen molar-refractivity contribution in [3.8, 4) is 17.1 Å². The van der Waals surface area contributed by atoms with E-state index in [1.165, 1.54) is 37.8 Å². The summed E-state index contributed by atoms with van der Waals surface area (Å²) in [5.41, 5.74) is 4.64. The maximum atomic E-state index is 13.4. The third kappa shape index (κ3) is 5.73. The van der Waals surface area contributed by atoms with Crippen molar-refractivity contribution >= 4 is 22.4 Å². The van der Waals surface area contributed by atoms with E-state index in [1.807, 2.05) is 53.1 Å². The van der Waals surface area contributed by atoms with Crippen LogP contribution in [0, 0.1) is 0 Å². The summed E-state index contributed by atoms with van der Waals surface area (Å²) in [7, 11) is 0. The minimum Gasteiger partial charge on any atom is -0.352 e. The van der Waals surface area contributed by atoms with Crippen LogP contribution >= 0.6 is 0 Å². The number of rotatable bonds is 5. The Morgan fingerprint density at radius 1 is 0.860 bits per heavy atom.